The fourth-order valence-corrected chi connectivity index (χ4v) is 4.02. The maximum Gasteiger partial charge on any atom is 0.260 e. The molecule has 1 spiro atoms. The first kappa shape index (κ1) is 19.6. The number of benzene rings is 1. The smallest absolute Gasteiger partial charge is 0.260 e. The van der Waals surface area contributed by atoms with Crippen LogP contribution in [0.15, 0.2) is 24.3 Å². The van der Waals surface area contributed by atoms with Gasteiger partial charge in [-0.1, -0.05) is 18.6 Å². The summed E-state index contributed by atoms with van der Waals surface area (Å²) in [5.41, 5.74) is -0.260. The Balaban J connectivity index is 1.90. The molecule has 0 unspecified atom stereocenters. The van der Waals surface area contributed by atoms with Gasteiger partial charge in [0.05, 0.1) is 25.9 Å². The molecule has 3 rings (SSSR count). The Kier molecular flexibility index (Phi) is 6.34. The summed E-state index contributed by atoms with van der Waals surface area (Å²) in [6, 6.07) is 6.45. The monoisotopic (exact) mass is 376 g/mol. The van der Waals surface area contributed by atoms with Gasteiger partial charge in [-0.05, 0) is 37.8 Å². The highest BCUT2D eigenvalue weighted by molar-refractivity contribution is 6.00. The lowest BCUT2D eigenvalue weighted by atomic mass is 9.89. The quantitative estimate of drug-likeness (QED) is 0.768. The summed E-state index contributed by atoms with van der Waals surface area (Å²) in [5, 5.41) is 2.84. The summed E-state index contributed by atoms with van der Waals surface area (Å²) in [5.74, 6) is 0.0652. The van der Waals surface area contributed by atoms with Crippen LogP contribution in [0.25, 0.3) is 0 Å². The van der Waals surface area contributed by atoms with Gasteiger partial charge in [0.25, 0.3) is 5.91 Å². The molecule has 7 heteroatoms. The average molecular weight is 376 g/mol. The van der Waals surface area contributed by atoms with E-state index in [2.05, 4.69) is 5.32 Å². The third kappa shape index (κ3) is 3.94. The zero-order valence-electron chi connectivity index (χ0n) is 16.0. The molecular weight excluding hydrogens is 348 g/mol. The first-order chi connectivity index (χ1) is 13.1. The maximum atomic E-state index is 13.5. The standard InChI is InChI=1S/C20H28N2O5/c1-25-13-12-21-18(23)16-14-27-20(10-6-3-7-11-20)22(16)19(24)15-8-4-5-9-17(15)26-2/h4-5,8-9,16H,3,6-7,10-14H2,1-2H3,(H,21,23)/t16-/m1/s1. The lowest BCUT2D eigenvalue weighted by Crippen LogP contribution is -2.56. The van der Waals surface area contributed by atoms with Crippen LogP contribution in [0.5, 0.6) is 5.75 Å². The number of nitrogens with one attached hydrogen (secondary N) is 1. The average Bonchev–Trinajstić information content (AvgIpc) is 3.06. The van der Waals surface area contributed by atoms with E-state index in [9.17, 15) is 9.59 Å². The molecule has 0 aromatic heterocycles. The summed E-state index contributed by atoms with van der Waals surface area (Å²) in [4.78, 5) is 27.9. The van der Waals surface area contributed by atoms with Crippen LogP contribution in [0, 0.1) is 0 Å². The molecule has 1 N–H and O–H groups in total. The highest BCUT2D eigenvalue weighted by Gasteiger charge is 2.53. The summed E-state index contributed by atoms with van der Waals surface area (Å²) in [6.45, 7) is 1.03. The normalized spacial score (nSPS) is 21.3. The zero-order chi connectivity index (χ0) is 19.3. The minimum atomic E-state index is -0.709. The van der Waals surface area contributed by atoms with E-state index < -0.39 is 11.8 Å². The molecule has 1 heterocycles. The van der Waals surface area contributed by atoms with E-state index in [4.69, 9.17) is 14.2 Å². The summed E-state index contributed by atoms with van der Waals surface area (Å²) >= 11 is 0. The number of hydrogen-bond acceptors (Lipinski definition) is 5. The van der Waals surface area contributed by atoms with Crippen LogP contribution in [0.1, 0.15) is 42.5 Å². The minimum Gasteiger partial charge on any atom is -0.496 e. The maximum absolute atomic E-state index is 13.5. The molecule has 0 bridgehead atoms. The first-order valence-corrected chi connectivity index (χ1v) is 9.50. The van der Waals surface area contributed by atoms with Gasteiger partial charge in [0.15, 0.2) is 0 Å². The molecule has 1 aromatic rings. The molecule has 1 saturated carbocycles. The van der Waals surface area contributed by atoms with Gasteiger partial charge in [-0.25, -0.2) is 0 Å². The second-order valence-corrected chi connectivity index (χ2v) is 6.99. The van der Waals surface area contributed by atoms with Gasteiger partial charge >= 0.3 is 0 Å². The van der Waals surface area contributed by atoms with Crippen molar-refractivity contribution >= 4 is 11.8 Å². The van der Waals surface area contributed by atoms with Crippen molar-refractivity contribution in [2.24, 2.45) is 0 Å². The number of nitrogens with zero attached hydrogens (tertiary/aromatic N) is 1. The molecule has 2 amide bonds. The topological polar surface area (TPSA) is 77.1 Å². The Hall–Kier alpha value is -2.12. The van der Waals surface area contributed by atoms with E-state index >= 15 is 0 Å². The Morgan fingerprint density at radius 3 is 2.67 bits per heavy atom. The predicted octanol–water partition coefficient (Wildman–Crippen LogP) is 1.96. The molecule has 1 saturated heterocycles. The number of carbonyl (C=O) groups excluding carboxylic acids is 2. The Labute approximate surface area is 160 Å². The summed E-state index contributed by atoms with van der Waals surface area (Å²) < 4.78 is 16.5. The van der Waals surface area contributed by atoms with Gasteiger partial charge in [0.1, 0.15) is 17.5 Å². The molecule has 1 aromatic carbocycles. The van der Waals surface area contributed by atoms with Crippen LogP contribution in [-0.4, -0.2) is 62.5 Å². The number of hydrogen-bond donors (Lipinski definition) is 1. The van der Waals surface area contributed by atoms with E-state index in [1.807, 2.05) is 6.07 Å². The van der Waals surface area contributed by atoms with Crippen molar-refractivity contribution in [3.63, 3.8) is 0 Å². The van der Waals surface area contributed by atoms with E-state index in [1.165, 1.54) is 7.11 Å². The first-order valence-electron chi connectivity index (χ1n) is 9.50. The fourth-order valence-electron chi connectivity index (χ4n) is 4.02. The van der Waals surface area contributed by atoms with E-state index in [0.717, 1.165) is 32.1 Å². The van der Waals surface area contributed by atoms with Gasteiger partial charge in [-0.3, -0.25) is 14.5 Å². The van der Waals surface area contributed by atoms with Gasteiger partial charge in [0, 0.05) is 13.7 Å². The highest BCUT2D eigenvalue weighted by atomic mass is 16.5. The largest absolute Gasteiger partial charge is 0.496 e. The molecule has 1 aliphatic carbocycles. The Bertz CT molecular complexity index is 672. The number of carbonyl (C=O) groups is 2. The van der Waals surface area contributed by atoms with Crippen LogP contribution in [0.3, 0.4) is 0 Å². The van der Waals surface area contributed by atoms with Crippen LogP contribution in [0.4, 0.5) is 0 Å². The van der Waals surface area contributed by atoms with Crippen molar-refractivity contribution in [2.75, 3.05) is 34.0 Å². The van der Waals surface area contributed by atoms with Crippen LogP contribution in [-0.2, 0) is 14.3 Å². The van der Waals surface area contributed by atoms with Gasteiger partial charge in [0.2, 0.25) is 5.91 Å². The number of rotatable bonds is 6. The second kappa shape index (κ2) is 8.71. The fraction of sp³-hybridized carbons (Fsp3) is 0.600. The highest BCUT2D eigenvalue weighted by Crippen LogP contribution is 2.42. The SMILES string of the molecule is COCCNC(=O)[C@H]1COC2(CCCCC2)N1C(=O)c1ccccc1OC. The third-order valence-electron chi connectivity index (χ3n) is 5.36. The molecule has 27 heavy (non-hydrogen) atoms. The molecular formula is C20H28N2O5. The van der Waals surface area contributed by atoms with Crippen molar-refractivity contribution in [1.29, 1.82) is 0 Å². The van der Waals surface area contributed by atoms with Crippen molar-refractivity contribution in [3.05, 3.63) is 29.8 Å². The number of methoxy groups -OCH3 is 2. The van der Waals surface area contributed by atoms with E-state index in [-0.39, 0.29) is 18.4 Å². The van der Waals surface area contributed by atoms with Crippen molar-refractivity contribution < 1.29 is 23.8 Å². The molecule has 1 atom stereocenters. The van der Waals surface area contributed by atoms with E-state index in [1.54, 1.807) is 30.2 Å². The summed E-state index contributed by atoms with van der Waals surface area (Å²) in [7, 11) is 3.12. The third-order valence-corrected chi connectivity index (χ3v) is 5.36. The molecule has 0 radical (unpaired) electrons. The molecule has 2 fully saturated rings. The van der Waals surface area contributed by atoms with Gasteiger partial charge < -0.3 is 19.5 Å². The lowest BCUT2D eigenvalue weighted by molar-refractivity contribution is -0.127. The molecule has 1 aliphatic heterocycles. The second-order valence-electron chi connectivity index (χ2n) is 6.99. The Morgan fingerprint density at radius 2 is 1.96 bits per heavy atom. The lowest BCUT2D eigenvalue weighted by Gasteiger charge is -2.41. The minimum absolute atomic E-state index is 0.208. The number of amides is 2. The van der Waals surface area contributed by atoms with Crippen molar-refractivity contribution in [1.82, 2.24) is 10.2 Å². The van der Waals surface area contributed by atoms with Gasteiger partial charge in [-0.2, -0.15) is 0 Å². The Morgan fingerprint density at radius 1 is 1.22 bits per heavy atom. The van der Waals surface area contributed by atoms with Crippen molar-refractivity contribution in [2.45, 2.75) is 43.9 Å². The van der Waals surface area contributed by atoms with Crippen LogP contribution < -0.4 is 10.1 Å². The zero-order valence-corrected chi connectivity index (χ0v) is 16.0. The molecule has 148 valence electrons. The number of ether oxygens (including phenoxy) is 3. The van der Waals surface area contributed by atoms with E-state index in [0.29, 0.717) is 24.5 Å². The number of para-hydroxylation sites is 1. The van der Waals surface area contributed by atoms with Crippen LogP contribution in [0.2, 0.25) is 0 Å². The van der Waals surface area contributed by atoms with Crippen molar-refractivity contribution in [3.8, 4) is 5.75 Å². The predicted molar refractivity (Wildman–Crippen MR) is 99.6 cm³/mol. The molecule has 2 aliphatic rings. The van der Waals surface area contributed by atoms with Crippen LogP contribution >= 0.6 is 0 Å². The summed E-state index contributed by atoms with van der Waals surface area (Å²) in [6.07, 6.45) is 4.57. The molecule has 7 nitrogen and oxygen atoms in total. The van der Waals surface area contributed by atoms with Gasteiger partial charge in [-0.15, -0.1) is 0 Å².